The molecule has 2 atom stereocenters. The highest BCUT2D eigenvalue weighted by Crippen LogP contribution is 2.63. The van der Waals surface area contributed by atoms with E-state index >= 15 is 0 Å². The van der Waals surface area contributed by atoms with Crippen molar-refractivity contribution in [2.24, 2.45) is 0 Å². The molecule has 420 valence electrons. The SMILES string of the molecule is CC(C)(C)c1ccc2c(c1)B1c3ccc4sc5ccc(C(C)(C)C)cc5c4c3N(c3ccc(C(C)(C)C)cc3-c3ccccc3)c3cc(N4c5ccc(C(C)(C)C)cc5C5(C)CCCCC45C)cc(c31)N2c1cccc2oc3ccccc3c12. The van der Waals surface area contributed by atoms with E-state index in [0.717, 1.165) is 40.5 Å². The second-order valence-corrected chi connectivity index (χ2v) is 30.8. The van der Waals surface area contributed by atoms with Crippen LogP contribution in [0.4, 0.5) is 45.5 Å². The molecule has 15 rings (SSSR count). The van der Waals surface area contributed by atoms with Crippen molar-refractivity contribution in [3.05, 3.63) is 198 Å². The number of benzene rings is 9. The molecule has 9 aromatic carbocycles. The summed E-state index contributed by atoms with van der Waals surface area (Å²) in [5.41, 5.74) is 24.3. The average molecular weight is 1120 g/mol. The Hall–Kier alpha value is -7.54. The fourth-order valence-corrected chi connectivity index (χ4v) is 16.6. The summed E-state index contributed by atoms with van der Waals surface area (Å²) in [5, 5.41) is 4.90. The minimum atomic E-state index is -0.217. The first-order chi connectivity index (χ1) is 39.9. The molecule has 4 aliphatic rings. The lowest BCUT2D eigenvalue weighted by Crippen LogP contribution is -2.61. The first-order valence-corrected chi connectivity index (χ1v) is 31.7. The molecule has 2 unspecified atom stereocenters. The van der Waals surface area contributed by atoms with Crippen LogP contribution in [0.1, 0.15) is 150 Å². The Balaban J connectivity index is 1.15. The minimum absolute atomic E-state index is 0.00556. The summed E-state index contributed by atoms with van der Waals surface area (Å²) in [6.45, 7) is 33.4. The van der Waals surface area contributed by atoms with Gasteiger partial charge in [-0.05, 0) is 164 Å². The molecule has 84 heavy (non-hydrogen) atoms. The normalized spacial score (nSPS) is 18.6. The molecule has 0 amide bonds. The molecule has 3 aliphatic heterocycles. The molecule has 5 heterocycles. The van der Waals surface area contributed by atoms with Crippen molar-refractivity contribution in [3.63, 3.8) is 0 Å². The third kappa shape index (κ3) is 7.70. The Bertz CT molecular complexity index is 4550. The third-order valence-electron chi connectivity index (χ3n) is 20.4. The lowest BCUT2D eigenvalue weighted by atomic mass is 9.33. The topological polar surface area (TPSA) is 22.9 Å². The molecule has 0 radical (unpaired) electrons. The van der Waals surface area contributed by atoms with Gasteiger partial charge in [0, 0.05) is 65.0 Å². The maximum atomic E-state index is 6.83. The van der Waals surface area contributed by atoms with E-state index in [-0.39, 0.29) is 39.3 Å². The summed E-state index contributed by atoms with van der Waals surface area (Å²) < 4.78 is 9.45. The van der Waals surface area contributed by atoms with Gasteiger partial charge in [-0.2, -0.15) is 0 Å². The van der Waals surface area contributed by atoms with E-state index in [1.165, 1.54) is 128 Å². The maximum absolute atomic E-state index is 6.83. The van der Waals surface area contributed by atoms with Crippen LogP contribution in [0.2, 0.25) is 0 Å². The Morgan fingerprint density at radius 2 is 1.05 bits per heavy atom. The number of nitrogens with zero attached hydrogens (tertiary/aromatic N) is 3. The second kappa shape index (κ2) is 18.0. The van der Waals surface area contributed by atoms with Crippen molar-refractivity contribution < 1.29 is 4.42 Å². The summed E-state index contributed by atoms with van der Waals surface area (Å²) in [7, 11) is 0. The number of rotatable bonds is 4. The largest absolute Gasteiger partial charge is 0.456 e. The van der Waals surface area contributed by atoms with Crippen LogP contribution >= 0.6 is 11.3 Å². The fourth-order valence-electron chi connectivity index (χ4n) is 15.5. The highest BCUT2D eigenvalue weighted by molar-refractivity contribution is 7.26. The van der Waals surface area contributed by atoms with E-state index < -0.39 is 0 Å². The third-order valence-corrected chi connectivity index (χ3v) is 21.6. The molecule has 0 spiro atoms. The van der Waals surface area contributed by atoms with Crippen LogP contribution in [0.15, 0.2) is 174 Å². The van der Waals surface area contributed by atoms with E-state index in [9.17, 15) is 0 Å². The van der Waals surface area contributed by atoms with Gasteiger partial charge in [-0.3, -0.25) is 0 Å². The highest BCUT2D eigenvalue weighted by Gasteiger charge is 2.58. The standard InChI is InChI=1S/C78H78BN3OS/c1-73(2,3)48-29-34-59(54(41-48)47-23-16-15-17-24-47)81-64-46-52(82-60-35-30-50(75(7,8)9)43-56(60)77(13)39-20-21-40-78(77,82)14)45-63-71(64)79(57-33-38-68-70(72(57)81)55-42-49(74(4,5)6)32-37-67(55)84-68)58-44-51(76(10,11)12)31-36-61(58)80(63)62-26-22-28-66-69(62)53-25-18-19-27-65(53)83-66/h15-19,22-38,41-46H,20-21,39-40H2,1-14H3. The summed E-state index contributed by atoms with van der Waals surface area (Å²) >= 11 is 1.93. The predicted molar refractivity (Wildman–Crippen MR) is 364 cm³/mol. The molecule has 0 N–H and O–H groups in total. The van der Waals surface area contributed by atoms with Gasteiger partial charge in [0.1, 0.15) is 11.2 Å². The maximum Gasteiger partial charge on any atom is 0.252 e. The molecular formula is C78H78BN3OS. The molecule has 4 nitrogen and oxygen atoms in total. The summed E-state index contributed by atoms with van der Waals surface area (Å²) in [4.78, 5) is 8.27. The van der Waals surface area contributed by atoms with E-state index in [0.29, 0.717) is 0 Å². The Morgan fingerprint density at radius 1 is 0.452 bits per heavy atom. The zero-order chi connectivity index (χ0) is 58.4. The Kier molecular flexibility index (Phi) is 11.4. The number of hydrogen-bond acceptors (Lipinski definition) is 5. The molecule has 1 aliphatic carbocycles. The van der Waals surface area contributed by atoms with Crippen LogP contribution in [0.3, 0.4) is 0 Å². The van der Waals surface area contributed by atoms with Gasteiger partial charge in [0.2, 0.25) is 0 Å². The van der Waals surface area contributed by atoms with Crippen molar-refractivity contribution in [1.29, 1.82) is 0 Å². The molecule has 0 saturated heterocycles. The van der Waals surface area contributed by atoms with Gasteiger partial charge in [0.15, 0.2) is 0 Å². The van der Waals surface area contributed by atoms with Gasteiger partial charge >= 0.3 is 0 Å². The Morgan fingerprint density at radius 3 is 1.77 bits per heavy atom. The molecular weight excluding hydrogens is 1040 g/mol. The quantitative estimate of drug-likeness (QED) is 0.164. The lowest BCUT2D eigenvalue weighted by molar-refractivity contribution is 0.195. The molecule has 1 fully saturated rings. The monoisotopic (exact) mass is 1120 g/mol. The van der Waals surface area contributed by atoms with E-state index in [4.69, 9.17) is 4.42 Å². The zero-order valence-corrected chi connectivity index (χ0v) is 52.5. The van der Waals surface area contributed by atoms with Crippen molar-refractivity contribution >= 4 is 122 Å². The van der Waals surface area contributed by atoms with Crippen LogP contribution in [0.5, 0.6) is 0 Å². The number of thiophene rings is 1. The van der Waals surface area contributed by atoms with Crippen molar-refractivity contribution in [3.8, 4) is 11.1 Å². The molecule has 0 bridgehead atoms. The van der Waals surface area contributed by atoms with Gasteiger partial charge in [0.05, 0.1) is 28.0 Å². The first-order valence-electron chi connectivity index (χ1n) is 30.9. The number of anilines is 8. The molecule has 1 saturated carbocycles. The average Bonchev–Trinajstić information content (AvgIpc) is 1.25. The van der Waals surface area contributed by atoms with Gasteiger partial charge < -0.3 is 19.1 Å². The van der Waals surface area contributed by atoms with Gasteiger partial charge in [-0.1, -0.05) is 200 Å². The highest BCUT2D eigenvalue weighted by atomic mass is 32.1. The first kappa shape index (κ1) is 53.2. The fraction of sp³-hybridized carbons (Fsp3) is 0.308. The van der Waals surface area contributed by atoms with Gasteiger partial charge in [0.25, 0.3) is 6.71 Å². The minimum Gasteiger partial charge on any atom is -0.456 e. The van der Waals surface area contributed by atoms with Crippen LogP contribution in [-0.2, 0) is 27.1 Å². The van der Waals surface area contributed by atoms with Crippen LogP contribution in [0.25, 0.3) is 53.2 Å². The van der Waals surface area contributed by atoms with Crippen molar-refractivity contribution in [1.82, 2.24) is 0 Å². The van der Waals surface area contributed by atoms with Crippen LogP contribution in [-0.4, -0.2) is 12.3 Å². The van der Waals surface area contributed by atoms with Gasteiger partial charge in [-0.25, -0.2) is 0 Å². The number of para-hydroxylation sites is 1. The van der Waals surface area contributed by atoms with E-state index in [1.54, 1.807) is 0 Å². The second-order valence-electron chi connectivity index (χ2n) is 29.7. The summed E-state index contributed by atoms with van der Waals surface area (Å²) in [6.07, 6.45) is 4.65. The van der Waals surface area contributed by atoms with Crippen LogP contribution in [0, 0.1) is 0 Å². The smallest absolute Gasteiger partial charge is 0.252 e. The Labute approximate surface area is 502 Å². The molecule has 11 aromatic rings. The van der Waals surface area contributed by atoms with Crippen LogP contribution < -0.4 is 31.1 Å². The summed E-state index contributed by atoms with van der Waals surface area (Å²) in [6, 6.07) is 66.5. The summed E-state index contributed by atoms with van der Waals surface area (Å²) in [5.74, 6) is 0. The van der Waals surface area contributed by atoms with E-state index in [2.05, 4.69) is 281 Å². The predicted octanol–water partition coefficient (Wildman–Crippen LogP) is 20.6. The molecule has 6 heteroatoms. The zero-order valence-electron chi connectivity index (χ0n) is 51.7. The van der Waals surface area contributed by atoms with Crippen molar-refractivity contribution in [2.45, 2.75) is 155 Å². The number of fused-ring (bicyclic) bond motifs is 14. The molecule has 2 aromatic heterocycles. The van der Waals surface area contributed by atoms with Crippen molar-refractivity contribution in [2.75, 3.05) is 14.7 Å². The number of hydrogen-bond donors (Lipinski definition) is 0. The lowest BCUT2D eigenvalue weighted by Gasteiger charge is -2.51. The van der Waals surface area contributed by atoms with E-state index in [1.807, 2.05) is 11.3 Å². The van der Waals surface area contributed by atoms with Gasteiger partial charge in [-0.15, -0.1) is 11.3 Å². The number of furan rings is 1.